The smallest absolute Gasteiger partial charge is 0.250 e. The molecule has 2 N–H and O–H groups in total. The number of nitrogens with two attached hydrogens (primary N) is 1. The van der Waals surface area contributed by atoms with Gasteiger partial charge in [-0.1, -0.05) is 12.2 Å². The molecule has 0 amide bonds. The van der Waals surface area contributed by atoms with Crippen molar-refractivity contribution in [3.63, 3.8) is 0 Å². The van der Waals surface area contributed by atoms with Gasteiger partial charge in [0.05, 0.1) is 4.99 Å². The summed E-state index contributed by atoms with van der Waals surface area (Å²) in [6, 6.07) is 3.62. The van der Waals surface area contributed by atoms with E-state index in [1.165, 1.54) is 0 Å². The molecular weight excluding hydrogens is 220 g/mol. The Bertz CT molecular complexity index is 474. The van der Waals surface area contributed by atoms with Crippen molar-refractivity contribution in [2.45, 2.75) is 32.7 Å². The van der Waals surface area contributed by atoms with Crippen molar-refractivity contribution >= 4 is 17.2 Å². The van der Waals surface area contributed by atoms with E-state index in [-0.39, 0.29) is 11.0 Å². The number of hydrogen-bond acceptors (Lipinski definition) is 2. The summed E-state index contributed by atoms with van der Waals surface area (Å²) in [4.78, 5) is 12.3. The Labute approximate surface area is 100 Å². The monoisotopic (exact) mass is 236 g/mol. The van der Waals surface area contributed by atoms with Crippen molar-refractivity contribution in [2.24, 2.45) is 11.1 Å². The first-order valence-corrected chi connectivity index (χ1v) is 5.87. The average Bonchev–Trinajstić information content (AvgIpc) is 2.89. The van der Waals surface area contributed by atoms with Crippen LogP contribution in [0.25, 0.3) is 0 Å². The molecule has 1 aromatic rings. The van der Waals surface area contributed by atoms with Crippen molar-refractivity contribution < 1.29 is 0 Å². The van der Waals surface area contributed by atoms with Crippen LogP contribution in [-0.2, 0) is 6.54 Å². The highest BCUT2D eigenvalue weighted by Crippen LogP contribution is 2.49. The van der Waals surface area contributed by atoms with Crippen LogP contribution in [0, 0.1) is 12.3 Å². The third-order valence-electron chi connectivity index (χ3n) is 3.16. The Morgan fingerprint density at radius 2 is 2.31 bits per heavy atom. The summed E-state index contributed by atoms with van der Waals surface area (Å²) in [7, 11) is 0. The van der Waals surface area contributed by atoms with E-state index in [0.717, 1.165) is 31.4 Å². The van der Waals surface area contributed by atoms with Crippen LogP contribution in [0.5, 0.6) is 0 Å². The fourth-order valence-electron chi connectivity index (χ4n) is 2.04. The molecule has 0 spiro atoms. The number of aryl methyl sites for hydroxylation is 1. The molecule has 1 heterocycles. The zero-order chi connectivity index (χ0) is 11.8. The number of hydrogen-bond donors (Lipinski definition) is 1. The van der Waals surface area contributed by atoms with Gasteiger partial charge < -0.3 is 10.3 Å². The van der Waals surface area contributed by atoms with Crippen molar-refractivity contribution in [2.75, 3.05) is 0 Å². The van der Waals surface area contributed by atoms with Crippen LogP contribution >= 0.6 is 12.2 Å². The summed E-state index contributed by atoms with van der Waals surface area (Å²) in [6.45, 7) is 2.66. The molecule has 0 saturated heterocycles. The Morgan fingerprint density at radius 3 is 2.81 bits per heavy atom. The average molecular weight is 236 g/mol. The highest BCUT2D eigenvalue weighted by atomic mass is 32.1. The van der Waals surface area contributed by atoms with Gasteiger partial charge in [0.25, 0.3) is 5.56 Å². The summed E-state index contributed by atoms with van der Waals surface area (Å²) < 4.78 is 1.76. The van der Waals surface area contributed by atoms with Gasteiger partial charge in [0.2, 0.25) is 0 Å². The molecule has 16 heavy (non-hydrogen) atoms. The molecule has 0 bridgehead atoms. The van der Waals surface area contributed by atoms with E-state index in [0.29, 0.717) is 4.99 Å². The maximum atomic E-state index is 11.7. The van der Waals surface area contributed by atoms with Crippen LogP contribution in [0.1, 0.15) is 24.8 Å². The Hall–Kier alpha value is -1.16. The molecule has 1 aromatic heterocycles. The maximum Gasteiger partial charge on any atom is 0.250 e. The Morgan fingerprint density at radius 1 is 1.62 bits per heavy atom. The predicted octanol–water partition coefficient (Wildman–Crippen LogP) is 1.61. The number of aromatic nitrogens is 1. The molecule has 2 rings (SSSR count). The van der Waals surface area contributed by atoms with Gasteiger partial charge in [0, 0.05) is 25.2 Å². The number of thiocarbonyl (C=S) groups is 1. The zero-order valence-electron chi connectivity index (χ0n) is 9.40. The van der Waals surface area contributed by atoms with E-state index in [9.17, 15) is 4.79 Å². The van der Waals surface area contributed by atoms with Gasteiger partial charge in [-0.3, -0.25) is 4.79 Å². The second-order valence-corrected chi connectivity index (χ2v) is 5.34. The molecular formula is C12H16N2OS. The summed E-state index contributed by atoms with van der Waals surface area (Å²) in [5.74, 6) is 0. The second-order valence-electron chi connectivity index (χ2n) is 4.81. The summed E-state index contributed by atoms with van der Waals surface area (Å²) in [6.07, 6.45) is 4.84. The zero-order valence-corrected chi connectivity index (χ0v) is 10.2. The summed E-state index contributed by atoms with van der Waals surface area (Å²) >= 11 is 4.94. The fraction of sp³-hybridized carbons (Fsp3) is 0.500. The molecule has 0 atom stereocenters. The van der Waals surface area contributed by atoms with Crippen molar-refractivity contribution in [1.82, 2.24) is 4.57 Å². The number of rotatable bonds is 4. The molecule has 1 aliphatic rings. The molecule has 0 aliphatic heterocycles. The van der Waals surface area contributed by atoms with E-state index in [1.807, 2.05) is 19.2 Å². The molecule has 1 saturated carbocycles. The van der Waals surface area contributed by atoms with E-state index < -0.39 is 0 Å². The molecule has 0 unspecified atom stereocenters. The van der Waals surface area contributed by atoms with E-state index in [1.54, 1.807) is 10.6 Å². The van der Waals surface area contributed by atoms with Crippen LogP contribution < -0.4 is 11.3 Å². The fourth-order valence-corrected chi connectivity index (χ4v) is 2.34. The van der Waals surface area contributed by atoms with Gasteiger partial charge in [-0.15, -0.1) is 0 Å². The molecule has 4 heteroatoms. The van der Waals surface area contributed by atoms with Crippen LogP contribution in [0.4, 0.5) is 0 Å². The SMILES string of the molecule is Cc1ccn(CC2(CC(N)=S)CC2)c(=O)c1. The van der Waals surface area contributed by atoms with Gasteiger partial charge in [0.15, 0.2) is 0 Å². The van der Waals surface area contributed by atoms with Gasteiger partial charge in [-0.2, -0.15) is 0 Å². The first-order valence-electron chi connectivity index (χ1n) is 5.46. The molecule has 0 radical (unpaired) electrons. The van der Waals surface area contributed by atoms with E-state index in [2.05, 4.69) is 0 Å². The highest BCUT2D eigenvalue weighted by Gasteiger charge is 2.43. The Kier molecular flexibility index (Phi) is 2.84. The van der Waals surface area contributed by atoms with E-state index in [4.69, 9.17) is 18.0 Å². The minimum atomic E-state index is 0.0641. The van der Waals surface area contributed by atoms with Crippen LogP contribution in [0.15, 0.2) is 23.1 Å². The third kappa shape index (κ3) is 2.50. The standard InChI is InChI=1S/C12H16N2OS/c1-9-2-5-14(11(15)6-9)8-12(3-4-12)7-10(13)16/h2,5-6H,3-4,7-8H2,1H3,(H2,13,16). The molecule has 1 fully saturated rings. The second kappa shape index (κ2) is 4.01. The van der Waals surface area contributed by atoms with Crippen LogP contribution in [0.2, 0.25) is 0 Å². The molecule has 86 valence electrons. The lowest BCUT2D eigenvalue weighted by molar-refractivity contribution is 0.430. The minimum absolute atomic E-state index is 0.0641. The predicted molar refractivity (Wildman–Crippen MR) is 68.5 cm³/mol. The maximum absolute atomic E-state index is 11.7. The van der Waals surface area contributed by atoms with Gasteiger partial charge >= 0.3 is 0 Å². The summed E-state index contributed by atoms with van der Waals surface area (Å²) in [5.41, 5.74) is 6.80. The normalized spacial score (nSPS) is 17.1. The minimum Gasteiger partial charge on any atom is -0.393 e. The van der Waals surface area contributed by atoms with Gasteiger partial charge in [0.1, 0.15) is 0 Å². The first-order chi connectivity index (χ1) is 7.51. The summed E-state index contributed by atoms with van der Waals surface area (Å²) in [5, 5.41) is 0. The molecule has 1 aliphatic carbocycles. The highest BCUT2D eigenvalue weighted by molar-refractivity contribution is 7.80. The Balaban J connectivity index is 2.15. The van der Waals surface area contributed by atoms with Gasteiger partial charge in [-0.25, -0.2) is 0 Å². The number of nitrogens with zero attached hydrogens (tertiary/aromatic N) is 1. The topological polar surface area (TPSA) is 48.0 Å². The van der Waals surface area contributed by atoms with Crippen molar-refractivity contribution in [1.29, 1.82) is 0 Å². The van der Waals surface area contributed by atoms with E-state index >= 15 is 0 Å². The number of pyridine rings is 1. The lowest BCUT2D eigenvalue weighted by Gasteiger charge is -2.15. The quantitative estimate of drug-likeness (QED) is 0.808. The van der Waals surface area contributed by atoms with Crippen LogP contribution in [-0.4, -0.2) is 9.56 Å². The van der Waals surface area contributed by atoms with Crippen LogP contribution in [0.3, 0.4) is 0 Å². The largest absolute Gasteiger partial charge is 0.393 e. The first kappa shape index (κ1) is 11.3. The molecule has 0 aromatic carbocycles. The lowest BCUT2D eigenvalue weighted by atomic mass is 10.0. The van der Waals surface area contributed by atoms with Crippen molar-refractivity contribution in [3.8, 4) is 0 Å². The third-order valence-corrected chi connectivity index (χ3v) is 3.31. The van der Waals surface area contributed by atoms with Gasteiger partial charge in [-0.05, 0) is 36.8 Å². The van der Waals surface area contributed by atoms with Crippen molar-refractivity contribution in [3.05, 3.63) is 34.2 Å². The molecule has 3 nitrogen and oxygen atoms in total. The lowest BCUT2D eigenvalue weighted by Crippen LogP contribution is -2.26.